The summed E-state index contributed by atoms with van der Waals surface area (Å²) in [4.78, 5) is 2.15. The number of nitriles is 1. The van der Waals surface area contributed by atoms with Gasteiger partial charge in [0.25, 0.3) is 0 Å². The Balaban J connectivity index is 0.000000660. The number of nitrogens with zero attached hydrogens (tertiary/aromatic N) is 5. The van der Waals surface area contributed by atoms with Crippen LogP contribution in [0.3, 0.4) is 0 Å². The molecule has 0 saturated carbocycles. The molecular weight excluding hydrogens is 1180 g/mol. The minimum Gasteiger partial charge on any atom is -0.748 e. The molecule has 0 spiro atoms. The molecule has 0 amide bonds. The van der Waals surface area contributed by atoms with Crippen molar-refractivity contribution in [1.29, 1.82) is 5.26 Å². The molecule has 1 atom stereocenters. The van der Waals surface area contributed by atoms with Gasteiger partial charge in [-0.25, -0.2) is 16.8 Å². The fraction of sp³-hybridized carbons (Fsp3) is 0.541. The quantitative estimate of drug-likeness (QED) is 0.00935. The summed E-state index contributed by atoms with van der Waals surface area (Å²) in [6.45, 7) is 34.1. The molecule has 13 nitrogen and oxygen atoms in total. The Labute approximate surface area is 543 Å². The van der Waals surface area contributed by atoms with E-state index in [1.807, 2.05) is 48.5 Å². The molecule has 0 saturated heterocycles. The van der Waals surface area contributed by atoms with Gasteiger partial charge in [0, 0.05) is 83.6 Å². The molecule has 0 fully saturated rings. The van der Waals surface area contributed by atoms with Gasteiger partial charge in [-0.15, -0.1) is 0 Å². The van der Waals surface area contributed by atoms with Crippen LogP contribution in [-0.2, 0) is 35.6 Å². The lowest BCUT2D eigenvalue weighted by molar-refractivity contribution is -0.929. The number of rotatable bonds is 36. The van der Waals surface area contributed by atoms with Crippen molar-refractivity contribution in [3.8, 4) is 11.8 Å². The van der Waals surface area contributed by atoms with Crippen LogP contribution < -0.4 is 9.64 Å². The van der Waals surface area contributed by atoms with Crippen molar-refractivity contribution in [1.82, 2.24) is 4.67 Å². The molecule has 2 aliphatic heterocycles. The largest absolute Gasteiger partial charge is 0.748 e. The highest BCUT2D eigenvalue weighted by molar-refractivity contribution is 7.85. The number of quaternary nitrogens is 1. The summed E-state index contributed by atoms with van der Waals surface area (Å²) < 4.78 is 90.1. The van der Waals surface area contributed by atoms with Crippen LogP contribution in [0.2, 0.25) is 0 Å². The Kier molecular flexibility index (Phi) is 28.3. The van der Waals surface area contributed by atoms with E-state index in [0.717, 1.165) is 79.4 Å². The first-order chi connectivity index (χ1) is 42.9. The molecule has 492 valence electrons. The van der Waals surface area contributed by atoms with Gasteiger partial charge < -0.3 is 27.7 Å². The molecule has 2 aliphatic rings. The van der Waals surface area contributed by atoms with E-state index in [-0.39, 0.29) is 12.8 Å². The predicted octanol–water partition coefficient (Wildman–Crippen LogP) is 17.1. The van der Waals surface area contributed by atoms with E-state index in [2.05, 4.69) is 176 Å². The third-order valence-corrected chi connectivity index (χ3v) is 21.9. The summed E-state index contributed by atoms with van der Waals surface area (Å²) >= 11 is 0. The molecule has 90 heavy (non-hydrogen) atoms. The zero-order chi connectivity index (χ0) is 65.7. The Morgan fingerprint density at radius 2 is 1.24 bits per heavy atom. The van der Waals surface area contributed by atoms with Gasteiger partial charge >= 0.3 is 0 Å². The Hall–Kier alpha value is -5.27. The fourth-order valence-electron chi connectivity index (χ4n) is 13.4. The lowest BCUT2D eigenvalue weighted by Crippen LogP contribution is -2.50. The van der Waals surface area contributed by atoms with Gasteiger partial charge in [-0.2, -0.15) is 9.84 Å². The van der Waals surface area contributed by atoms with E-state index in [0.29, 0.717) is 56.7 Å². The van der Waals surface area contributed by atoms with Crippen molar-refractivity contribution in [2.45, 2.75) is 189 Å². The summed E-state index contributed by atoms with van der Waals surface area (Å²) in [5.41, 5.74) is 6.71. The van der Waals surface area contributed by atoms with Crippen LogP contribution in [0, 0.1) is 11.3 Å². The summed E-state index contributed by atoms with van der Waals surface area (Å²) in [5.74, 6) is -0.266. The van der Waals surface area contributed by atoms with E-state index in [1.54, 1.807) is 0 Å². The average molecular weight is 1290 g/mol. The highest BCUT2D eigenvalue weighted by atomic mass is 32.2. The molecule has 7 rings (SSSR count). The molecule has 1 unspecified atom stereocenters. The molecule has 5 aromatic rings. The number of allylic oxidation sites excluding steroid dienone is 6. The maximum atomic E-state index is 11.9. The average Bonchev–Trinajstić information content (AvgIpc) is 1.60. The van der Waals surface area contributed by atoms with Crippen LogP contribution in [0.5, 0.6) is 5.75 Å². The smallest absolute Gasteiger partial charge is 0.210 e. The lowest BCUT2D eigenvalue weighted by atomic mass is 9.79. The SMILES string of the molecule is CC(C)N(C(C)C)P(CCC#N)OCCCCOc1cccc(C(C=CC2=[N+](CCCS(=O)(=O)[O-])c3ccc4ccccc4c3C2(C)C)=CC=C2N(CCCS(=O)(=O)[O-])c3ccc4ccccc4c3C2(C)C)c1.CCCC[N+](CCCC)(CCCC)CCCC. The topological polar surface area (TPSA) is 166 Å². The lowest BCUT2D eigenvalue weighted by Gasteiger charge is -2.39. The molecule has 0 N–H and O–H groups in total. The number of anilines is 1. The molecule has 0 radical (unpaired) electrons. The van der Waals surface area contributed by atoms with Crippen molar-refractivity contribution < 1.29 is 44.3 Å². The Morgan fingerprint density at radius 3 is 1.81 bits per heavy atom. The van der Waals surface area contributed by atoms with E-state index in [9.17, 15) is 31.2 Å². The second-order valence-electron chi connectivity index (χ2n) is 26.2. The first-order valence-electron chi connectivity index (χ1n) is 33.4. The van der Waals surface area contributed by atoms with Crippen molar-refractivity contribution >= 4 is 72.7 Å². The predicted molar refractivity (Wildman–Crippen MR) is 375 cm³/mol. The minimum absolute atomic E-state index is 0.149. The Morgan fingerprint density at radius 1 is 0.689 bits per heavy atom. The number of fused-ring (bicyclic) bond motifs is 6. The summed E-state index contributed by atoms with van der Waals surface area (Å²) in [6.07, 6.45) is 22.4. The maximum Gasteiger partial charge on any atom is 0.210 e. The monoisotopic (exact) mass is 1290 g/mol. The van der Waals surface area contributed by atoms with E-state index >= 15 is 0 Å². The number of unbranched alkanes of at least 4 members (excludes halogenated alkanes) is 5. The second-order valence-corrected chi connectivity index (χ2v) is 31.1. The first kappa shape index (κ1) is 73.8. The molecule has 0 bridgehead atoms. The highest BCUT2D eigenvalue weighted by Crippen LogP contribution is 2.51. The van der Waals surface area contributed by atoms with Crippen molar-refractivity contribution in [2.75, 3.05) is 75.0 Å². The van der Waals surface area contributed by atoms with Crippen LogP contribution in [0.25, 0.3) is 27.1 Å². The summed E-state index contributed by atoms with van der Waals surface area (Å²) in [6, 6.07) is 35.7. The minimum atomic E-state index is -4.44. The number of ether oxygens (including phenoxy) is 1. The molecule has 0 aromatic heterocycles. The number of benzene rings is 5. The highest BCUT2D eigenvalue weighted by Gasteiger charge is 2.46. The fourth-order valence-corrected chi connectivity index (χ4v) is 16.5. The molecular formula is C74H106N5O8PS2. The van der Waals surface area contributed by atoms with Crippen molar-refractivity contribution in [3.63, 3.8) is 0 Å². The second kappa shape index (κ2) is 34.6. The van der Waals surface area contributed by atoms with Gasteiger partial charge in [0.15, 0.2) is 5.71 Å². The van der Waals surface area contributed by atoms with Crippen molar-refractivity contribution in [3.05, 3.63) is 144 Å². The number of hydrogen-bond donors (Lipinski definition) is 0. The molecule has 5 aromatic carbocycles. The molecule has 2 heterocycles. The van der Waals surface area contributed by atoms with Gasteiger partial charge in [-0.05, 0) is 161 Å². The zero-order valence-corrected chi connectivity index (χ0v) is 59.0. The zero-order valence-electron chi connectivity index (χ0n) is 56.4. The first-order valence-corrected chi connectivity index (χ1v) is 38.0. The molecule has 16 heteroatoms. The van der Waals surface area contributed by atoms with Crippen LogP contribution in [0.15, 0.2) is 127 Å². The number of hydrogen-bond acceptors (Lipinski definition) is 11. The van der Waals surface area contributed by atoms with Gasteiger partial charge in [0.05, 0.1) is 71.1 Å². The van der Waals surface area contributed by atoms with Gasteiger partial charge in [0.2, 0.25) is 5.69 Å². The van der Waals surface area contributed by atoms with Gasteiger partial charge in [-0.1, -0.05) is 140 Å². The van der Waals surface area contributed by atoms with Crippen LogP contribution in [0.4, 0.5) is 11.4 Å². The normalized spacial score (nSPS) is 15.8. The summed E-state index contributed by atoms with van der Waals surface area (Å²) in [7, 11) is -9.79. The third kappa shape index (κ3) is 20.1. The van der Waals surface area contributed by atoms with E-state index < -0.39 is 50.9 Å². The van der Waals surface area contributed by atoms with Crippen LogP contribution in [0.1, 0.15) is 183 Å². The van der Waals surface area contributed by atoms with Gasteiger partial charge in [0.1, 0.15) is 20.6 Å². The summed E-state index contributed by atoms with van der Waals surface area (Å²) in [5, 5.41) is 13.7. The molecule has 0 aliphatic carbocycles. The van der Waals surface area contributed by atoms with Crippen LogP contribution in [-0.4, -0.2) is 128 Å². The Bertz CT molecular complexity index is 3500. The standard InChI is InChI=1S/C58H71N4O8PS2.C16H36N/c1-42(2)62(43(3)4)71(38-16-33-59)70-37-14-13-36-69-48-22-15-21-47(41-48)44(27-31-53-57(5,6)55-49-23-11-9-19-45(49)25-29-51(55)60(53)34-17-39-72(63,64)65)28-32-54-58(7,8)56-50-24-12-10-20-46(50)26-30-52(56)61(54)35-18-40-73(66,67)68;1-5-9-13-17(14-10-6-2,15-11-7-3)16-12-8-4/h9-12,15,19-32,41-43H,13-14,16-18,34-40H2,1-8H3,(H-,63,64,65,66,67,68);5-16H2,1-4H3/q;+1/p-1. The van der Waals surface area contributed by atoms with Gasteiger partial charge in [-0.3, -0.25) is 4.67 Å². The van der Waals surface area contributed by atoms with Crippen molar-refractivity contribution in [2.24, 2.45) is 0 Å². The van der Waals surface area contributed by atoms with Crippen LogP contribution >= 0.6 is 8.30 Å². The van der Waals surface area contributed by atoms with E-state index in [4.69, 9.17) is 9.26 Å². The third-order valence-electron chi connectivity index (χ3n) is 17.8. The maximum absolute atomic E-state index is 11.9. The van der Waals surface area contributed by atoms with E-state index in [1.165, 1.54) is 82.0 Å².